The summed E-state index contributed by atoms with van der Waals surface area (Å²) in [5.74, 6) is -2.26. The van der Waals surface area contributed by atoms with Gasteiger partial charge < -0.3 is 24.3 Å². The standard InChI is InChI=1S/C45H47F2N3O5/c1-29(55-30(2)51)43(52)50(23-13-22-48-44(53)54-28-39-36-18-11-9-16-34(36)35-17-10-12-19-37(35)39)42(45(3,4)5)41-24-32(38-25-33(46)20-21-40(38)47)27-49(41)26-31-14-7-6-8-15-31/h6-12,14-21,24-25,27,29,39,42H,13,22-23,26,28H2,1-5H3,(H,48,53). The molecule has 0 aliphatic heterocycles. The van der Waals surface area contributed by atoms with Gasteiger partial charge in [-0.1, -0.05) is 99.6 Å². The number of hydrogen-bond acceptors (Lipinski definition) is 5. The molecule has 2 amide bonds. The first-order valence-corrected chi connectivity index (χ1v) is 18.6. The predicted molar refractivity (Wildman–Crippen MR) is 208 cm³/mol. The van der Waals surface area contributed by atoms with Gasteiger partial charge in [-0.05, 0) is 70.8 Å². The van der Waals surface area contributed by atoms with Gasteiger partial charge in [-0.25, -0.2) is 13.6 Å². The third-order valence-corrected chi connectivity index (χ3v) is 9.94. The summed E-state index contributed by atoms with van der Waals surface area (Å²) in [6.45, 7) is 9.69. The molecule has 1 aliphatic rings. The Morgan fingerprint density at radius 2 is 1.49 bits per heavy atom. The Morgan fingerprint density at radius 1 is 0.855 bits per heavy atom. The van der Waals surface area contributed by atoms with Crippen LogP contribution in [0.15, 0.2) is 109 Å². The summed E-state index contributed by atoms with van der Waals surface area (Å²) in [6, 6.07) is 30.4. The molecule has 6 rings (SSSR count). The Hall–Kier alpha value is -5.77. The number of halogens is 2. The van der Waals surface area contributed by atoms with Crippen molar-refractivity contribution in [1.82, 2.24) is 14.8 Å². The van der Waals surface area contributed by atoms with Crippen molar-refractivity contribution in [2.24, 2.45) is 5.41 Å². The zero-order valence-corrected chi connectivity index (χ0v) is 31.9. The van der Waals surface area contributed by atoms with Crippen molar-refractivity contribution in [3.05, 3.63) is 143 Å². The normalized spacial score (nSPS) is 13.4. The minimum Gasteiger partial charge on any atom is -0.453 e. The highest BCUT2D eigenvalue weighted by molar-refractivity contribution is 5.84. The number of alkyl carbamates (subject to hydrolysis) is 1. The van der Waals surface area contributed by atoms with Gasteiger partial charge in [0.05, 0.1) is 6.04 Å². The van der Waals surface area contributed by atoms with E-state index in [-0.39, 0.29) is 31.2 Å². The Balaban J connectivity index is 1.24. The van der Waals surface area contributed by atoms with Crippen molar-refractivity contribution in [2.75, 3.05) is 19.7 Å². The number of ether oxygens (including phenoxy) is 2. The van der Waals surface area contributed by atoms with Crippen LogP contribution in [-0.2, 0) is 25.6 Å². The number of fused-ring (bicyclic) bond motifs is 3. The number of carbonyl (C=O) groups is 3. The number of esters is 1. The highest BCUT2D eigenvalue weighted by atomic mass is 19.1. The lowest BCUT2D eigenvalue weighted by molar-refractivity contribution is -0.160. The zero-order valence-electron chi connectivity index (χ0n) is 31.9. The molecule has 0 fully saturated rings. The smallest absolute Gasteiger partial charge is 0.407 e. The van der Waals surface area contributed by atoms with Gasteiger partial charge in [0, 0.05) is 55.5 Å². The maximum Gasteiger partial charge on any atom is 0.407 e. The lowest BCUT2D eigenvalue weighted by Gasteiger charge is -2.42. The van der Waals surface area contributed by atoms with E-state index in [1.165, 1.54) is 13.8 Å². The molecule has 10 heteroatoms. The van der Waals surface area contributed by atoms with Gasteiger partial charge in [0.25, 0.3) is 5.91 Å². The highest BCUT2D eigenvalue weighted by Crippen LogP contribution is 2.45. The van der Waals surface area contributed by atoms with Crippen LogP contribution in [0.2, 0.25) is 0 Å². The predicted octanol–water partition coefficient (Wildman–Crippen LogP) is 9.28. The number of carbonyl (C=O) groups excluding carboxylic acids is 3. The molecule has 0 saturated heterocycles. The van der Waals surface area contributed by atoms with Crippen molar-refractivity contribution >= 4 is 18.0 Å². The van der Waals surface area contributed by atoms with Gasteiger partial charge in [-0.15, -0.1) is 0 Å². The fourth-order valence-corrected chi connectivity index (χ4v) is 7.60. The summed E-state index contributed by atoms with van der Waals surface area (Å²) in [4.78, 5) is 41.0. The van der Waals surface area contributed by atoms with E-state index < -0.39 is 47.2 Å². The molecule has 8 nitrogen and oxygen atoms in total. The molecular weight excluding hydrogens is 701 g/mol. The fraction of sp³-hybridized carbons (Fsp3) is 0.311. The average Bonchev–Trinajstić information content (AvgIpc) is 3.70. The third kappa shape index (κ3) is 8.96. The summed E-state index contributed by atoms with van der Waals surface area (Å²) in [5, 5.41) is 2.84. The van der Waals surface area contributed by atoms with Crippen molar-refractivity contribution in [2.45, 2.75) is 65.6 Å². The summed E-state index contributed by atoms with van der Waals surface area (Å²) < 4.78 is 42.7. The molecule has 1 N–H and O–H groups in total. The molecule has 0 saturated carbocycles. The topological polar surface area (TPSA) is 89.9 Å². The minimum atomic E-state index is -1.10. The Kier molecular flexibility index (Phi) is 11.8. The summed E-state index contributed by atoms with van der Waals surface area (Å²) in [7, 11) is 0. The lowest BCUT2D eigenvalue weighted by atomic mass is 9.82. The van der Waals surface area contributed by atoms with Crippen LogP contribution in [0.5, 0.6) is 0 Å². The van der Waals surface area contributed by atoms with Crippen LogP contribution >= 0.6 is 0 Å². The maximum atomic E-state index is 15.2. The molecule has 2 atom stereocenters. The SMILES string of the molecule is CC(=O)OC(C)C(=O)N(CCCNC(=O)OCC1c2ccccc2-c2ccccc21)C(c1cc(-c2cc(F)ccc2F)cn1Cc1ccccc1)C(C)(C)C. The van der Waals surface area contributed by atoms with E-state index in [1.807, 2.05) is 79.9 Å². The Morgan fingerprint density at radius 3 is 2.13 bits per heavy atom. The van der Waals surface area contributed by atoms with Crippen LogP contribution < -0.4 is 5.32 Å². The molecule has 1 aromatic heterocycles. The quantitative estimate of drug-likeness (QED) is 0.0959. The second kappa shape index (κ2) is 16.7. The maximum absolute atomic E-state index is 15.2. The number of benzene rings is 4. The number of nitrogens with one attached hydrogen (secondary N) is 1. The van der Waals surface area contributed by atoms with Gasteiger partial charge >= 0.3 is 12.1 Å². The number of amides is 2. The van der Waals surface area contributed by atoms with Crippen LogP contribution in [0.3, 0.4) is 0 Å². The molecule has 5 aromatic rings. The van der Waals surface area contributed by atoms with Gasteiger partial charge in [-0.3, -0.25) is 9.59 Å². The van der Waals surface area contributed by atoms with Gasteiger partial charge in [0.1, 0.15) is 18.2 Å². The van der Waals surface area contributed by atoms with E-state index in [4.69, 9.17) is 9.47 Å². The first kappa shape index (κ1) is 38.9. The second-order valence-corrected chi connectivity index (χ2v) is 15.0. The van der Waals surface area contributed by atoms with Gasteiger partial charge in [-0.2, -0.15) is 0 Å². The van der Waals surface area contributed by atoms with Crippen molar-refractivity contribution < 1.29 is 32.6 Å². The van der Waals surface area contributed by atoms with Crippen LogP contribution in [-0.4, -0.2) is 53.2 Å². The molecule has 55 heavy (non-hydrogen) atoms. The van der Waals surface area contributed by atoms with E-state index in [0.717, 1.165) is 46.0 Å². The van der Waals surface area contributed by atoms with Crippen LogP contribution in [0.4, 0.5) is 13.6 Å². The van der Waals surface area contributed by atoms with Gasteiger partial charge in [0.2, 0.25) is 0 Å². The molecule has 1 heterocycles. The zero-order chi connectivity index (χ0) is 39.3. The molecule has 1 aliphatic carbocycles. The van der Waals surface area contributed by atoms with E-state index in [0.29, 0.717) is 24.2 Å². The summed E-state index contributed by atoms with van der Waals surface area (Å²) in [6.07, 6.45) is 0.449. The lowest BCUT2D eigenvalue weighted by Crippen LogP contribution is -2.47. The van der Waals surface area contributed by atoms with Crippen LogP contribution in [0.1, 0.15) is 75.4 Å². The highest BCUT2D eigenvalue weighted by Gasteiger charge is 2.39. The van der Waals surface area contributed by atoms with E-state index in [2.05, 4.69) is 29.6 Å². The molecule has 286 valence electrons. The van der Waals surface area contributed by atoms with Crippen molar-refractivity contribution in [3.63, 3.8) is 0 Å². The van der Waals surface area contributed by atoms with Crippen molar-refractivity contribution in [3.8, 4) is 22.3 Å². The Bertz CT molecular complexity index is 2110. The largest absolute Gasteiger partial charge is 0.453 e. The van der Waals surface area contributed by atoms with Crippen LogP contribution in [0.25, 0.3) is 22.3 Å². The molecule has 0 radical (unpaired) electrons. The first-order valence-electron chi connectivity index (χ1n) is 18.6. The number of aromatic nitrogens is 1. The number of nitrogens with zero attached hydrogens (tertiary/aromatic N) is 2. The first-order chi connectivity index (χ1) is 26.3. The van der Waals surface area contributed by atoms with Gasteiger partial charge in [0.15, 0.2) is 6.10 Å². The van der Waals surface area contributed by atoms with E-state index in [1.54, 1.807) is 17.2 Å². The molecule has 2 unspecified atom stereocenters. The Labute approximate surface area is 321 Å². The number of hydrogen-bond donors (Lipinski definition) is 1. The molecule has 4 aromatic carbocycles. The van der Waals surface area contributed by atoms with E-state index >= 15 is 4.39 Å². The molecule has 0 bridgehead atoms. The third-order valence-electron chi connectivity index (χ3n) is 9.94. The monoisotopic (exact) mass is 747 g/mol. The second-order valence-electron chi connectivity index (χ2n) is 15.0. The number of rotatable bonds is 13. The van der Waals surface area contributed by atoms with Crippen LogP contribution in [0, 0.1) is 17.0 Å². The fourth-order valence-electron chi connectivity index (χ4n) is 7.60. The van der Waals surface area contributed by atoms with Crippen molar-refractivity contribution in [1.29, 1.82) is 0 Å². The molecule has 0 spiro atoms. The minimum absolute atomic E-state index is 0.0838. The van der Waals surface area contributed by atoms with E-state index in [9.17, 15) is 18.8 Å². The summed E-state index contributed by atoms with van der Waals surface area (Å²) >= 11 is 0. The summed E-state index contributed by atoms with van der Waals surface area (Å²) in [5.41, 5.74) is 6.10. The molecular formula is C45H47F2N3O5. The average molecular weight is 748 g/mol.